The van der Waals surface area contributed by atoms with E-state index < -0.39 is 53.1 Å². The molecule has 0 unspecified atom stereocenters. The van der Waals surface area contributed by atoms with Crippen molar-refractivity contribution in [3.8, 4) is 23.1 Å². The molecule has 0 radical (unpaired) electrons. The maximum Gasteiger partial charge on any atom is 0.416 e. The molecular weight excluding hydrogens is 471 g/mol. The number of ether oxygens (including phenoxy) is 1. The largest absolute Gasteiger partial charge is 0.489 e. The van der Waals surface area contributed by atoms with E-state index in [1.807, 2.05) is 0 Å². The molecule has 0 saturated carbocycles. The quantitative estimate of drug-likeness (QED) is 0.467. The Hall–Kier alpha value is -3.76. The third kappa shape index (κ3) is 5.36. The van der Waals surface area contributed by atoms with E-state index >= 15 is 0 Å². The highest BCUT2D eigenvalue weighted by atomic mass is 19.4. The Morgan fingerprint density at radius 2 is 1.52 bits per heavy atom. The van der Waals surface area contributed by atoms with Crippen LogP contribution in [-0.4, -0.2) is 15.4 Å². The molecule has 3 rings (SSSR count). The number of hydrogen-bond acceptors (Lipinski definition) is 4. The molecule has 0 amide bonds. The Morgan fingerprint density at radius 3 is 2.09 bits per heavy atom. The van der Waals surface area contributed by atoms with Crippen LogP contribution in [0.4, 0.5) is 39.5 Å². The molecule has 3 aromatic rings. The first-order valence-corrected chi connectivity index (χ1v) is 8.64. The molecule has 5 nitrogen and oxygen atoms in total. The molecule has 0 aliphatic heterocycles. The number of aromatic nitrogens is 3. The van der Waals surface area contributed by atoms with Gasteiger partial charge in [-0.1, -0.05) is 5.21 Å². The monoisotopic (exact) mass is 480 g/mol. The van der Waals surface area contributed by atoms with Gasteiger partial charge in [0.1, 0.15) is 24.1 Å². The van der Waals surface area contributed by atoms with E-state index in [1.165, 1.54) is 0 Å². The first-order valence-electron chi connectivity index (χ1n) is 8.64. The summed E-state index contributed by atoms with van der Waals surface area (Å²) in [4.78, 5) is 0. The van der Waals surface area contributed by atoms with Gasteiger partial charge < -0.3 is 4.74 Å². The molecule has 1 aromatic heterocycles. The summed E-state index contributed by atoms with van der Waals surface area (Å²) >= 11 is 0. The summed E-state index contributed by atoms with van der Waals surface area (Å²) in [5.41, 5.74) is -5.94. The highest BCUT2D eigenvalue weighted by Crippen LogP contribution is 2.38. The van der Waals surface area contributed by atoms with Crippen molar-refractivity contribution in [3.63, 3.8) is 0 Å². The predicted octanol–water partition coefficient (Wildman–Crippen LogP) is 5.98. The molecule has 1 heterocycles. The fourth-order valence-electron chi connectivity index (χ4n) is 2.82. The fraction of sp³-hybridized carbons (Fsp3) is 0.211. The van der Waals surface area contributed by atoms with Gasteiger partial charge in [-0.3, -0.25) is 0 Å². The minimum absolute atomic E-state index is 0.211. The van der Waals surface area contributed by atoms with Crippen LogP contribution in [0.2, 0.25) is 0 Å². The summed E-state index contributed by atoms with van der Waals surface area (Å²) in [6.45, 7) is -1.12. The minimum atomic E-state index is -5.04. The van der Waals surface area contributed by atoms with E-state index in [-0.39, 0.29) is 35.2 Å². The van der Waals surface area contributed by atoms with Crippen LogP contribution in [0.3, 0.4) is 0 Å². The number of alkyl halides is 9. The Labute approximate surface area is 178 Å². The Kier molecular flexibility index (Phi) is 6.01. The standard InChI is InChI=1S/C19H9F9N4O/c20-17(21,22)11-1-2-14(19(26,27)28)10(4-11)8-33-13-5-9(3-12(6-13)18(23,24)25)16-15(7-29)30-32-31-16/h1-6H,8H2,(H,30,31,32). The molecule has 14 heteroatoms. The van der Waals surface area contributed by atoms with Crippen LogP contribution in [0, 0.1) is 11.3 Å². The number of nitriles is 1. The molecule has 33 heavy (non-hydrogen) atoms. The Balaban J connectivity index is 2.04. The van der Waals surface area contributed by atoms with Crippen molar-refractivity contribution in [1.29, 1.82) is 5.26 Å². The lowest BCUT2D eigenvalue weighted by molar-refractivity contribution is -0.142. The van der Waals surface area contributed by atoms with Gasteiger partial charge in [0.25, 0.3) is 0 Å². The van der Waals surface area contributed by atoms with Crippen LogP contribution >= 0.6 is 0 Å². The highest BCUT2D eigenvalue weighted by molar-refractivity contribution is 5.67. The zero-order valence-electron chi connectivity index (χ0n) is 15.8. The van der Waals surface area contributed by atoms with Gasteiger partial charge in [-0.25, -0.2) is 5.10 Å². The molecule has 0 spiro atoms. The average Bonchev–Trinajstić information content (AvgIpc) is 3.18. The molecule has 0 bridgehead atoms. The van der Waals surface area contributed by atoms with Gasteiger partial charge in [0.05, 0.1) is 16.7 Å². The van der Waals surface area contributed by atoms with Crippen LogP contribution in [-0.2, 0) is 25.1 Å². The second-order valence-electron chi connectivity index (χ2n) is 6.55. The van der Waals surface area contributed by atoms with Crippen molar-refractivity contribution < 1.29 is 44.3 Å². The number of H-pyrrole nitrogens is 1. The second-order valence-corrected chi connectivity index (χ2v) is 6.55. The van der Waals surface area contributed by atoms with E-state index in [1.54, 1.807) is 6.07 Å². The van der Waals surface area contributed by atoms with Crippen LogP contribution in [0.1, 0.15) is 27.9 Å². The molecule has 0 aliphatic rings. The SMILES string of the molecule is N#Cc1[nH]nnc1-c1cc(OCc2cc(C(F)(F)F)ccc2C(F)(F)F)cc(C(F)(F)F)c1. The van der Waals surface area contributed by atoms with Crippen LogP contribution in [0.25, 0.3) is 11.3 Å². The van der Waals surface area contributed by atoms with Crippen molar-refractivity contribution in [2.75, 3.05) is 0 Å². The Bertz CT molecular complexity index is 1200. The number of nitrogens with zero attached hydrogens (tertiary/aromatic N) is 3. The molecule has 0 atom stereocenters. The smallest absolute Gasteiger partial charge is 0.416 e. The lowest BCUT2D eigenvalue weighted by Crippen LogP contribution is -2.14. The molecule has 2 aromatic carbocycles. The summed E-state index contributed by atoms with van der Waals surface area (Å²) < 4.78 is 123. The summed E-state index contributed by atoms with van der Waals surface area (Å²) in [6.07, 6.45) is -14.9. The van der Waals surface area contributed by atoms with Crippen LogP contribution in [0.5, 0.6) is 5.75 Å². The molecule has 0 saturated heterocycles. The minimum Gasteiger partial charge on any atom is -0.489 e. The second kappa shape index (κ2) is 8.30. The number of halogens is 9. The fourth-order valence-corrected chi connectivity index (χ4v) is 2.82. The number of aromatic amines is 1. The third-order valence-electron chi connectivity index (χ3n) is 4.30. The van der Waals surface area contributed by atoms with E-state index in [0.717, 1.165) is 6.07 Å². The third-order valence-corrected chi connectivity index (χ3v) is 4.30. The van der Waals surface area contributed by atoms with Crippen molar-refractivity contribution in [2.24, 2.45) is 0 Å². The summed E-state index contributed by atoms with van der Waals surface area (Å²) in [5, 5.41) is 18.0. The number of rotatable bonds is 4. The van der Waals surface area contributed by atoms with Crippen molar-refractivity contribution in [1.82, 2.24) is 15.4 Å². The van der Waals surface area contributed by atoms with Crippen LogP contribution in [0.15, 0.2) is 36.4 Å². The van der Waals surface area contributed by atoms with Gasteiger partial charge in [0.15, 0.2) is 5.69 Å². The maximum atomic E-state index is 13.3. The van der Waals surface area contributed by atoms with Gasteiger partial charge in [0, 0.05) is 11.1 Å². The highest BCUT2D eigenvalue weighted by Gasteiger charge is 2.37. The van der Waals surface area contributed by atoms with E-state index in [2.05, 4.69) is 15.4 Å². The van der Waals surface area contributed by atoms with E-state index in [0.29, 0.717) is 12.1 Å². The van der Waals surface area contributed by atoms with Crippen LogP contribution < -0.4 is 4.74 Å². The molecule has 0 aliphatic carbocycles. The lowest BCUT2D eigenvalue weighted by Gasteiger charge is -2.17. The maximum absolute atomic E-state index is 13.3. The van der Waals surface area contributed by atoms with Gasteiger partial charge in [-0.15, -0.1) is 5.10 Å². The summed E-state index contributed by atoms with van der Waals surface area (Å²) in [7, 11) is 0. The predicted molar refractivity (Wildman–Crippen MR) is 92.3 cm³/mol. The van der Waals surface area contributed by atoms with Gasteiger partial charge >= 0.3 is 18.5 Å². The van der Waals surface area contributed by atoms with Gasteiger partial charge in [-0.2, -0.15) is 44.8 Å². The van der Waals surface area contributed by atoms with Crippen molar-refractivity contribution >= 4 is 0 Å². The molecule has 1 N–H and O–H groups in total. The first-order chi connectivity index (χ1) is 15.2. The number of hydrogen-bond donors (Lipinski definition) is 1. The van der Waals surface area contributed by atoms with E-state index in [4.69, 9.17) is 10.00 Å². The first kappa shape index (κ1) is 23.9. The van der Waals surface area contributed by atoms with E-state index in [9.17, 15) is 39.5 Å². The lowest BCUT2D eigenvalue weighted by atomic mass is 10.0. The van der Waals surface area contributed by atoms with Crippen molar-refractivity contribution in [2.45, 2.75) is 25.1 Å². The molecule has 174 valence electrons. The molecular formula is C19H9F9N4O. The topological polar surface area (TPSA) is 74.6 Å². The number of benzene rings is 2. The normalized spacial score (nSPS) is 12.5. The zero-order valence-corrected chi connectivity index (χ0v) is 15.8. The Morgan fingerprint density at radius 1 is 0.848 bits per heavy atom. The summed E-state index contributed by atoms with van der Waals surface area (Å²) in [6, 6.07) is 4.29. The zero-order chi connectivity index (χ0) is 24.6. The number of nitrogens with one attached hydrogen (secondary N) is 1. The van der Waals surface area contributed by atoms with Crippen molar-refractivity contribution in [3.05, 3.63) is 64.3 Å². The van der Waals surface area contributed by atoms with Gasteiger partial charge in [0.2, 0.25) is 0 Å². The molecule has 0 fully saturated rings. The average molecular weight is 480 g/mol. The summed E-state index contributed by atoms with van der Waals surface area (Å²) in [5.74, 6) is -0.614. The van der Waals surface area contributed by atoms with Gasteiger partial charge in [-0.05, 0) is 36.4 Å².